The Morgan fingerprint density at radius 3 is 1.81 bits per heavy atom. The average molecular weight is 360 g/mol. The van der Waals surface area contributed by atoms with Crippen LogP contribution in [0.15, 0.2) is 54.6 Å². The van der Waals surface area contributed by atoms with E-state index in [9.17, 15) is 0 Å². The second-order valence-corrected chi connectivity index (χ2v) is 5.91. The predicted molar refractivity (Wildman–Crippen MR) is 106 cm³/mol. The summed E-state index contributed by atoms with van der Waals surface area (Å²) in [5.41, 5.74) is 0. The summed E-state index contributed by atoms with van der Waals surface area (Å²) in [6.07, 6.45) is 5.61. The van der Waals surface area contributed by atoms with E-state index in [0.717, 1.165) is 50.6 Å². The molecule has 1 N–H and O–H groups in total. The number of hydrogen-bond acceptors (Lipinski definition) is 4. The number of phenolic OH excluding ortho intramolecular Hbond substituents is 1. The molecule has 26 heavy (non-hydrogen) atoms. The normalized spacial score (nSPS) is 9.92. The van der Waals surface area contributed by atoms with Gasteiger partial charge in [0.25, 0.3) is 0 Å². The monoisotopic (exact) mass is 360 g/mol. The zero-order valence-electron chi connectivity index (χ0n) is 16.0. The molecular formula is C22H32O4. The van der Waals surface area contributed by atoms with Gasteiger partial charge in [-0.3, -0.25) is 0 Å². The Morgan fingerprint density at radius 2 is 1.23 bits per heavy atom. The number of methoxy groups -OCH3 is 1. The standard InChI is InChI=1S/2C11H16O2/c1-12-9-5-6-10-13-11-7-3-2-4-8-11;1-2-3-4-9-13-11-7-5-10(12)6-8-11/h2-4,7-8H,5-6,9-10H2,1H3;5-8,12H,2-4,9H2,1H3. The van der Waals surface area contributed by atoms with Crippen molar-refractivity contribution in [1.29, 1.82) is 0 Å². The van der Waals surface area contributed by atoms with Gasteiger partial charge in [-0.2, -0.15) is 0 Å². The van der Waals surface area contributed by atoms with Crippen molar-refractivity contribution in [3.05, 3.63) is 54.6 Å². The van der Waals surface area contributed by atoms with Crippen LogP contribution in [0.4, 0.5) is 0 Å². The van der Waals surface area contributed by atoms with Gasteiger partial charge < -0.3 is 19.3 Å². The van der Waals surface area contributed by atoms with Crippen LogP contribution in [0.5, 0.6) is 17.2 Å². The van der Waals surface area contributed by atoms with Gasteiger partial charge >= 0.3 is 0 Å². The molecule has 0 bridgehead atoms. The van der Waals surface area contributed by atoms with Crippen molar-refractivity contribution in [3.8, 4) is 17.2 Å². The van der Waals surface area contributed by atoms with Crippen molar-refractivity contribution in [2.75, 3.05) is 26.9 Å². The minimum absolute atomic E-state index is 0.279. The molecule has 2 aromatic rings. The second-order valence-electron chi connectivity index (χ2n) is 5.91. The first-order chi connectivity index (χ1) is 12.8. The molecule has 4 heteroatoms. The van der Waals surface area contributed by atoms with Crippen LogP contribution in [0.25, 0.3) is 0 Å². The van der Waals surface area contributed by atoms with Crippen LogP contribution >= 0.6 is 0 Å². The molecule has 2 rings (SSSR count). The van der Waals surface area contributed by atoms with Crippen molar-refractivity contribution in [3.63, 3.8) is 0 Å². The number of hydrogen-bond donors (Lipinski definition) is 1. The quantitative estimate of drug-likeness (QED) is 0.541. The number of phenols is 1. The fraction of sp³-hybridized carbons (Fsp3) is 0.455. The van der Waals surface area contributed by atoms with Crippen molar-refractivity contribution in [1.82, 2.24) is 0 Å². The zero-order valence-corrected chi connectivity index (χ0v) is 16.0. The molecule has 4 nitrogen and oxygen atoms in total. The van der Waals surface area contributed by atoms with E-state index in [1.165, 1.54) is 12.8 Å². The lowest BCUT2D eigenvalue weighted by atomic mass is 10.3. The van der Waals surface area contributed by atoms with E-state index < -0.39 is 0 Å². The average Bonchev–Trinajstić information content (AvgIpc) is 2.68. The van der Waals surface area contributed by atoms with Crippen LogP contribution in [-0.4, -0.2) is 32.0 Å². The first-order valence-electron chi connectivity index (χ1n) is 9.35. The molecule has 0 atom stereocenters. The van der Waals surface area contributed by atoms with Crippen LogP contribution < -0.4 is 9.47 Å². The van der Waals surface area contributed by atoms with Crippen LogP contribution in [0.3, 0.4) is 0 Å². The smallest absolute Gasteiger partial charge is 0.119 e. The molecular weight excluding hydrogens is 328 g/mol. The predicted octanol–water partition coefficient (Wildman–Crippen LogP) is 5.45. The van der Waals surface area contributed by atoms with E-state index in [0.29, 0.717) is 0 Å². The third-order valence-corrected chi connectivity index (χ3v) is 3.61. The molecule has 144 valence electrons. The zero-order chi connectivity index (χ0) is 18.9. The highest BCUT2D eigenvalue weighted by molar-refractivity contribution is 5.30. The summed E-state index contributed by atoms with van der Waals surface area (Å²) in [6.45, 7) is 4.52. The van der Waals surface area contributed by atoms with Gasteiger partial charge in [0, 0.05) is 13.7 Å². The number of aromatic hydroxyl groups is 1. The number of unbranched alkanes of at least 4 members (excludes halogenated alkanes) is 3. The Morgan fingerprint density at radius 1 is 0.692 bits per heavy atom. The lowest BCUT2D eigenvalue weighted by Crippen LogP contribution is -1.99. The summed E-state index contributed by atoms with van der Waals surface area (Å²) in [6, 6.07) is 16.7. The Hall–Kier alpha value is -2.20. The summed E-state index contributed by atoms with van der Waals surface area (Å²) in [4.78, 5) is 0. The largest absolute Gasteiger partial charge is 0.508 e. The highest BCUT2D eigenvalue weighted by atomic mass is 16.5. The summed E-state index contributed by atoms with van der Waals surface area (Å²) in [5.74, 6) is 2.05. The first kappa shape index (κ1) is 21.8. The van der Waals surface area contributed by atoms with Gasteiger partial charge in [-0.05, 0) is 55.7 Å². The first-order valence-corrected chi connectivity index (χ1v) is 9.35. The molecule has 0 saturated carbocycles. The van der Waals surface area contributed by atoms with E-state index in [2.05, 4.69) is 6.92 Å². The molecule has 0 radical (unpaired) electrons. The summed E-state index contributed by atoms with van der Waals surface area (Å²) in [5, 5.41) is 9.01. The van der Waals surface area contributed by atoms with Gasteiger partial charge in [0.1, 0.15) is 17.2 Å². The molecule has 0 unspecified atom stereocenters. The molecule has 0 saturated heterocycles. The van der Waals surface area contributed by atoms with Gasteiger partial charge in [0.15, 0.2) is 0 Å². The second kappa shape index (κ2) is 15.1. The van der Waals surface area contributed by atoms with Crippen molar-refractivity contribution in [2.24, 2.45) is 0 Å². The molecule has 0 aliphatic heterocycles. The van der Waals surface area contributed by atoms with Gasteiger partial charge in [-0.1, -0.05) is 38.0 Å². The van der Waals surface area contributed by atoms with Crippen molar-refractivity contribution < 1.29 is 19.3 Å². The maximum Gasteiger partial charge on any atom is 0.119 e. The minimum Gasteiger partial charge on any atom is -0.508 e. The van der Waals surface area contributed by atoms with Gasteiger partial charge in [-0.15, -0.1) is 0 Å². The minimum atomic E-state index is 0.279. The van der Waals surface area contributed by atoms with Crippen LogP contribution in [0.1, 0.15) is 39.0 Å². The summed E-state index contributed by atoms with van der Waals surface area (Å²) >= 11 is 0. The van der Waals surface area contributed by atoms with E-state index in [1.54, 1.807) is 31.4 Å². The third kappa shape index (κ3) is 11.4. The molecule has 0 aromatic heterocycles. The van der Waals surface area contributed by atoms with Gasteiger partial charge in [-0.25, -0.2) is 0 Å². The highest BCUT2D eigenvalue weighted by Gasteiger charge is 1.93. The number of para-hydroxylation sites is 1. The van der Waals surface area contributed by atoms with E-state index >= 15 is 0 Å². The molecule has 0 spiro atoms. The topological polar surface area (TPSA) is 47.9 Å². The Bertz CT molecular complexity index is 540. The Labute approximate surface area is 157 Å². The Kier molecular flexibility index (Phi) is 12.7. The maximum absolute atomic E-state index is 9.01. The fourth-order valence-electron chi connectivity index (χ4n) is 2.14. The molecule has 0 fully saturated rings. The summed E-state index contributed by atoms with van der Waals surface area (Å²) < 4.78 is 15.9. The third-order valence-electron chi connectivity index (χ3n) is 3.61. The molecule has 0 amide bonds. The maximum atomic E-state index is 9.01. The van der Waals surface area contributed by atoms with E-state index in [-0.39, 0.29) is 5.75 Å². The molecule has 0 heterocycles. The van der Waals surface area contributed by atoms with Gasteiger partial charge in [0.2, 0.25) is 0 Å². The molecule has 0 aliphatic rings. The highest BCUT2D eigenvalue weighted by Crippen LogP contribution is 2.16. The van der Waals surface area contributed by atoms with E-state index in [4.69, 9.17) is 19.3 Å². The Balaban J connectivity index is 0.000000260. The van der Waals surface area contributed by atoms with Gasteiger partial charge in [0.05, 0.1) is 13.2 Å². The number of rotatable bonds is 11. The number of ether oxygens (including phenoxy) is 3. The van der Waals surface area contributed by atoms with E-state index in [1.807, 2.05) is 30.3 Å². The lowest BCUT2D eigenvalue weighted by molar-refractivity contribution is 0.184. The molecule has 2 aromatic carbocycles. The SMILES string of the molecule is CCCCCOc1ccc(O)cc1.COCCCCOc1ccccc1. The number of benzene rings is 2. The van der Waals surface area contributed by atoms with Crippen LogP contribution in [-0.2, 0) is 4.74 Å². The fourth-order valence-corrected chi connectivity index (χ4v) is 2.14. The van der Waals surface area contributed by atoms with Crippen LogP contribution in [0, 0.1) is 0 Å². The lowest BCUT2D eigenvalue weighted by Gasteiger charge is -2.04. The summed E-state index contributed by atoms with van der Waals surface area (Å²) in [7, 11) is 1.72. The molecule has 0 aliphatic carbocycles. The van der Waals surface area contributed by atoms with Crippen molar-refractivity contribution in [2.45, 2.75) is 39.0 Å². The van der Waals surface area contributed by atoms with Crippen LogP contribution in [0.2, 0.25) is 0 Å². The van der Waals surface area contributed by atoms with Crippen molar-refractivity contribution >= 4 is 0 Å².